The number of benzene rings is 2. The van der Waals surface area contributed by atoms with E-state index >= 15 is 4.39 Å². The predicted octanol–water partition coefficient (Wildman–Crippen LogP) is 5.00. The van der Waals surface area contributed by atoms with Gasteiger partial charge in [-0.15, -0.1) is 0 Å². The van der Waals surface area contributed by atoms with E-state index in [-0.39, 0.29) is 16.4 Å². The van der Waals surface area contributed by atoms with Gasteiger partial charge in [0.25, 0.3) is 10.0 Å². The molecular formula is C23H19F2N3O3S. The molecule has 0 saturated heterocycles. The van der Waals surface area contributed by atoms with E-state index in [0.717, 1.165) is 17.7 Å². The lowest BCUT2D eigenvalue weighted by atomic mass is 10.0. The number of hydrogen-bond donors (Lipinski definition) is 2. The van der Waals surface area contributed by atoms with Crippen molar-refractivity contribution >= 4 is 32.5 Å². The van der Waals surface area contributed by atoms with Crippen molar-refractivity contribution in [3.8, 4) is 0 Å². The smallest absolute Gasteiger partial charge is 0.261 e. The number of fused-ring (bicyclic) bond motifs is 1. The number of aromatic amines is 1. The van der Waals surface area contributed by atoms with Crippen molar-refractivity contribution in [3.05, 3.63) is 89.2 Å². The van der Waals surface area contributed by atoms with E-state index in [2.05, 4.69) is 14.7 Å². The third-order valence-electron chi connectivity index (χ3n) is 5.12. The second kappa shape index (κ2) is 8.16. The van der Waals surface area contributed by atoms with E-state index < -0.39 is 38.7 Å². The minimum Gasteiger partial charge on any atom is -0.345 e. The van der Waals surface area contributed by atoms with Gasteiger partial charge >= 0.3 is 0 Å². The molecule has 4 rings (SSSR count). The third-order valence-corrected chi connectivity index (χ3v) is 6.50. The number of hydrogen-bond acceptors (Lipinski definition) is 4. The maximum atomic E-state index is 15.2. The first-order valence-electron chi connectivity index (χ1n) is 9.76. The number of ketones is 1. The Kier molecular flexibility index (Phi) is 5.52. The van der Waals surface area contributed by atoms with Gasteiger partial charge in [0.2, 0.25) is 5.78 Å². The number of anilines is 1. The number of sulfonamides is 1. The maximum absolute atomic E-state index is 15.2. The highest BCUT2D eigenvalue weighted by atomic mass is 32.2. The molecule has 2 N–H and O–H groups in total. The summed E-state index contributed by atoms with van der Waals surface area (Å²) in [5, 5.41) is 0.396. The molecule has 0 aliphatic heterocycles. The van der Waals surface area contributed by atoms with E-state index in [1.54, 1.807) is 24.3 Å². The van der Waals surface area contributed by atoms with Gasteiger partial charge in [-0.3, -0.25) is 9.52 Å². The van der Waals surface area contributed by atoms with Crippen molar-refractivity contribution in [2.24, 2.45) is 0 Å². The monoisotopic (exact) mass is 455 g/mol. The van der Waals surface area contributed by atoms with E-state index in [4.69, 9.17) is 0 Å². The molecule has 0 aliphatic carbocycles. The number of aromatic nitrogens is 2. The van der Waals surface area contributed by atoms with Gasteiger partial charge < -0.3 is 4.98 Å². The summed E-state index contributed by atoms with van der Waals surface area (Å²) in [6.45, 7) is 3.94. The van der Waals surface area contributed by atoms with Crippen molar-refractivity contribution in [2.45, 2.75) is 24.7 Å². The number of carbonyl (C=O) groups excluding carboxylic acids is 1. The van der Waals surface area contributed by atoms with E-state index in [9.17, 15) is 17.6 Å². The molecule has 0 spiro atoms. The fourth-order valence-corrected chi connectivity index (χ4v) is 4.41. The van der Waals surface area contributed by atoms with Crippen molar-refractivity contribution in [1.82, 2.24) is 9.97 Å². The van der Waals surface area contributed by atoms with Crippen molar-refractivity contribution in [3.63, 3.8) is 0 Å². The van der Waals surface area contributed by atoms with Crippen LogP contribution in [-0.2, 0) is 10.0 Å². The number of carbonyl (C=O) groups is 1. The molecule has 0 radical (unpaired) electrons. The van der Waals surface area contributed by atoms with Gasteiger partial charge in [-0.25, -0.2) is 22.2 Å². The molecule has 0 aliphatic rings. The van der Waals surface area contributed by atoms with Crippen molar-refractivity contribution < 1.29 is 22.0 Å². The average molecular weight is 455 g/mol. The number of H-pyrrole nitrogens is 1. The fraction of sp³-hybridized carbons (Fsp3) is 0.130. The van der Waals surface area contributed by atoms with Crippen LogP contribution in [0.4, 0.5) is 14.5 Å². The Morgan fingerprint density at radius 2 is 1.78 bits per heavy atom. The van der Waals surface area contributed by atoms with Gasteiger partial charge in [-0.05, 0) is 47.9 Å². The molecule has 164 valence electrons. The quantitative estimate of drug-likeness (QED) is 0.401. The molecule has 0 fully saturated rings. The molecule has 2 aromatic carbocycles. The minimum absolute atomic E-state index is 0.0233. The summed E-state index contributed by atoms with van der Waals surface area (Å²) in [5.41, 5.74) is -0.0303. The number of nitrogens with one attached hydrogen (secondary N) is 2. The summed E-state index contributed by atoms with van der Waals surface area (Å²) in [5.74, 6) is -3.12. The molecular weight excluding hydrogens is 436 g/mol. The molecule has 0 bridgehead atoms. The molecule has 2 aromatic heterocycles. The highest BCUT2D eigenvalue weighted by Gasteiger charge is 2.26. The third kappa shape index (κ3) is 3.87. The molecule has 32 heavy (non-hydrogen) atoms. The number of halogens is 2. The van der Waals surface area contributed by atoms with Gasteiger partial charge in [0.05, 0.1) is 16.1 Å². The lowest BCUT2D eigenvalue weighted by Gasteiger charge is -2.13. The first kappa shape index (κ1) is 21.6. The Balaban J connectivity index is 1.71. The van der Waals surface area contributed by atoms with Crippen LogP contribution in [0.5, 0.6) is 0 Å². The average Bonchev–Trinajstić information content (AvgIpc) is 3.20. The second-order valence-corrected chi connectivity index (χ2v) is 9.23. The first-order chi connectivity index (χ1) is 15.2. The summed E-state index contributed by atoms with van der Waals surface area (Å²) in [7, 11) is -4.16. The molecule has 0 saturated carbocycles. The van der Waals surface area contributed by atoms with Crippen LogP contribution < -0.4 is 4.72 Å². The van der Waals surface area contributed by atoms with Gasteiger partial charge in [-0.1, -0.05) is 26.0 Å². The molecule has 9 heteroatoms. The minimum atomic E-state index is -4.16. The highest BCUT2D eigenvalue weighted by molar-refractivity contribution is 7.92. The van der Waals surface area contributed by atoms with Gasteiger partial charge in [0, 0.05) is 23.3 Å². The van der Waals surface area contributed by atoms with Crippen LogP contribution in [-0.4, -0.2) is 24.2 Å². The molecule has 4 aromatic rings. The van der Waals surface area contributed by atoms with Crippen molar-refractivity contribution in [1.29, 1.82) is 0 Å². The lowest BCUT2D eigenvalue weighted by Crippen LogP contribution is -2.16. The van der Waals surface area contributed by atoms with Crippen LogP contribution in [0.15, 0.2) is 65.8 Å². The van der Waals surface area contributed by atoms with Crippen LogP contribution >= 0.6 is 0 Å². The highest BCUT2D eigenvalue weighted by Crippen LogP contribution is 2.28. The standard InChI is InChI=1S/C23H19F2N3O3S/c1-13(2)14-5-7-15(8-6-14)32(30,31)28-19-10-9-18(24)20(21(19)25)22(29)17-12-27-23-16(17)4-3-11-26-23/h3-13,28H,1-2H3,(H,26,27). The summed E-state index contributed by atoms with van der Waals surface area (Å²) in [4.78, 5) is 19.7. The molecule has 6 nitrogen and oxygen atoms in total. The lowest BCUT2D eigenvalue weighted by molar-refractivity contribution is 0.103. The second-order valence-electron chi connectivity index (χ2n) is 7.54. The number of pyridine rings is 1. The topological polar surface area (TPSA) is 91.9 Å². The normalized spacial score (nSPS) is 11.8. The summed E-state index contributed by atoms with van der Waals surface area (Å²) in [6, 6.07) is 11.1. The first-order valence-corrected chi connectivity index (χ1v) is 11.2. The van der Waals surface area contributed by atoms with E-state index in [1.807, 2.05) is 13.8 Å². The van der Waals surface area contributed by atoms with Gasteiger partial charge in [-0.2, -0.15) is 0 Å². The van der Waals surface area contributed by atoms with Crippen LogP contribution in [0.25, 0.3) is 11.0 Å². The molecule has 0 atom stereocenters. The van der Waals surface area contributed by atoms with Crippen LogP contribution in [0.1, 0.15) is 41.3 Å². The molecule has 0 amide bonds. The Hall–Kier alpha value is -3.59. The SMILES string of the molecule is CC(C)c1ccc(S(=O)(=O)Nc2ccc(F)c(C(=O)c3c[nH]c4ncccc34)c2F)cc1. The predicted molar refractivity (Wildman–Crippen MR) is 117 cm³/mol. The number of nitrogens with zero attached hydrogens (tertiary/aromatic N) is 1. The van der Waals surface area contributed by atoms with Gasteiger partial charge in [0.1, 0.15) is 11.5 Å². The molecule has 0 unspecified atom stereocenters. The van der Waals surface area contributed by atoms with E-state index in [1.165, 1.54) is 24.5 Å². The maximum Gasteiger partial charge on any atom is 0.261 e. The van der Waals surface area contributed by atoms with Crippen LogP contribution in [0.2, 0.25) is 0 Å². The summed E-state index contributed by atoms with van der Waals surface area (Å²) in [6.07, 6.45) is 2.82. The Bertz CT molecular complexity index is 1430. The van der Waals surface area contributed by atoms with Crippen LogP contribution in [0, 0.1) is 11.6 Å². The summed E-state index contributed by atoms with van der Waals surface area (Å²) >= 11 is 0. The van der Waals surface area contributed by atoms with E-state index in [0.29, 0.717) is 11.0 Å². The zero-order valence-electron chi connectivity index (χ0n) is 17.2. The van der Waals surface area contributed by atoms with Gasteiger partial charge in [0.15, 0.2) is 5.82 Å². The van der Waals surface area contributed by atoms with Crippen molar-refractivity contribution in [2.75, 3.05) is 4.72 Å². The Labute approximate surface area is 183 Å². The zero-order valence-corrected chi connectivity index (χ0v) is 18.0. The fourth-order valence-electron chi connectivity index (χ4n) is 3.35. The Morgan fingerprint density at radius 1 is 1.06 bits per heavy atom. The zero-order chi connectivity index (χ0) is 23.0. The largest absolute Gasteiger partial charge is 0.345 e. The Morgan fingerprint density at radius 3 is 2.47 bits per heavy atom. The van der Waals surface area contributed by atoms with Crippen LogP contribution in [0.3, 0.4) is 0 Å². The number of rotatable bonds is 6. The molecule has 2 heterocycles. The summed E-state index contributed by atoms with van der Waals surface area (Å²) < 4.78 is 57.2.